The van der Waals surface area contributed by atoms with Crippen molar-refractivity contribution in [3.63, 3.8) is 0 Å². The molecule has 144 valence electrons. The number of carbonyl (C=O) groups excluding carboxylic acids is 1. The number of ether oxygens (including phenoxy) is 2. The van der Waals surface area contributed by atoms with E-state index in [4.69, 9.17) is 26.2 Å². The maximum absolute atomic E-state index is 12.9. The third-order valence-electron chi connectivity index (χ3n) is 5.11. The van der Waals surface area contributed by atoms with E-state index in [1.54, 1.807) is 35.2 Å². The fourth-order valence-corrected chi connectivity index (χ4v) is 3.96. The maximum atomic E-state index is 12.9. The van der Waals surface area contributed by atoms with E-state index >= 15 is 0 Å². The van der Waals surface area contributed by atoms with Crippen molar-refractivity contribution in [3.05, 3.63) is 88.4 Å². The van der Waals surface area contributed by atoms with E-state index in [2.05, 4.69) is 0 Å². The van der Waals surface area contributed by atoms with Crippen LogP contribution in [-0.2, 0) is 4.74 Å². The number of carbonyl (C=O) groups is 2. The van der Waals surface area contributed by atoms with Gasteiger partial charge in [-0.25, -0.2) is 9.59 Å². The van der Waals surface area contributed by atoms with Gasteiger partial charge in [-0.1, -0.05) is 41.9 Å². The Balaban J connectivity index is 1.68. The van der Waals surface area contributed by atoms with E-state index in [-0.39, 0.29) is 5.56 Å². The average molecular weight is 408 g/mol. The van der Waals surface area contributed by atoms with E-state index < -0.39 is 24.2 Å². The van der Waals surface area contributed by atoms with E-state index in [0.29, 0.717) is 27.8 Å². The molecule has 0 aromatic heterocycles. The van der Waals surface area contributed by atoms with Gasteiger partial charge in [0, 0.05) is 10.6 Å². The summed E-state index contributed by atoms with van der Waals surface area (Å²) in [5.74, 6) is 0.107. The molecule has 0 saturated carbocycles. The van der Waals surface area contributed by atoms with Crippen molar-refractivity contribution in [2.75, 3.05) is 4.90 Å². The maximum Gasteiger partial charge on any atom is 0.415 e. The van der Waals surface area contributed by atoms with Gasteiger partial charge in [-0.2, -0.15) is 0 Å². The van der Waals surface area contributed by atoms with Gasteiger partial charge in [0.25, 0.3) is 0 Å². The Morgan fingerprint density at radius 1 is 1.00 bits per heavy atom. The number of carboxylic acids is 1. The highest BCUT2D eigenvalue weighted by atomic mass is 35.5. The molecule has 3 aromatic rings. The zero-order valence-corrected chi connectivity index (χ0v) is 15.7. The second-order valence-electron chi connectivity index (χ2n) is 6.80. The first-order valence-corrected chi connectivity index (χ1v) is 9.30. The number of halogens is 1. The summed E-state index contributed by atoms with van der Waals surface area (Å²) in [4.78, 5) is 25.6. The third-order valence-corrected chi connectivity index (χ3v) is 5.35. The van der Waals surface area contributed by atoms with Crippen LogP contribution in [0.3, 0.4) is 0 Å². The SMILES string of the molecule is O=C(O)c1ccc(C2OC(=O)N3c4cc(Cl)ccc4Oc4ccccc4C23)cc1. The van der Waals surface area contributed by atoms with Crippen LogP contribution in [0, 0.1) is 0 Å². The first-order chi connectivity index (χ1) is 14.0. The van der Waals surface area contributed by atoms with Gasteiger partial charge in [0.1, 0.15) is 11.8 Å². The van der Waals surface area contributed by atoms with Gasteiger partial charge in [-0.15, -0.1) is 0 Å². The molecule has 2 heterocycles. The summed E-state index contributed by atoms with van der Waals surface area (Å²) in [7, 11) is 0. The normalized spacial score (nSPS) is 19.3. The summed E-state index contributed by atoms with van der Waals surface area (Å²) in [5, 5.41) is 9.62. The molecule has 1 fully saturated rings. The highest BCUT2D eigenvalue weighted by Gasteiger charge is 2.48. The van der Waals surface area contributed by atoms with Gasteiger partial charge in [0.15, 0.2) is 11.9 Å². The fraction of sp³-hybridized carbons (Fsp3) is 0.0909. The largest absolute Gasteiger partial charge is 0.478 e. The summed E-state index contributed by atoms with van der Waals surface area (Å²) in [6.45, 7) is 0. The Morgan fingerprint density at radius 2 is 1.76 bits per heavy atom. The van der Waals surface area contributed by atoms with Crippen LogP contribution in [0.15, 0.2) is 66.7 Å². The first kappa shape index (κ1) is 17.6. The topological polar surface area (TPSA) is 76.1 Å². The van der Waals surface area contributed by atoms with Crippen molar-refractivity contribution in [3.8, 4) is 11.5 Å². The Morgan fingerprint density at radius 3 is 2.52 bits per heavy atom. The molecular formula is C22H14ClNO5. The average Bonchev–Trinajstić information content (AvgIpc) is 2.98. The zero-order chi connectivity index (χ0) is 20.1. The van der Waals surface area contributed by atoms with Crippen molar-refractivity contribution in [2.24, 2.45) is 0 Å². The summed E-state index contributed by atoms with van der Waals surface area (Å²) in [6.07, 6.45) is -1.16. The van der Waals surface area contributed by atoms with Crippen LogP contribution in [-0.4, -0.2) is 17.2 Å². The summed E-state index contributed by atoms with van der Waals surface area (Å²) >= 11 is 6.19. The predicted octanol–water partition coefficient (Wildman–Crippen LogP) is 5.58. The lowest BCUT2D eigenvalue weighted by atomic mass is 9.94. The molecule has 5 rings (SSSR count). The molecule has 6 nitrogen and oxygen atoms in total. The second-order valence-corrected chi connectivity index (χ2v) is 7.23. The molecule has 0 bridgehead atoms. The van der Waals surface area contributed by atoms with Crippen LogP contribution < -0.4 is 9.64 Å². The van der Waals surface area contributed by atoms with Crippen LogP contribution >= 0.6 is 11.6 Å². The lowest BCUT2D eigenvalue weighted by Crippen LogP contribution is -2.27. The number of benzene rings is 3. The molecule has 0 radical (unpaired) electrons. The zero-order valence-electron chi connectivity index (χ0n) is 14.9. The number of para-hydroxylation sites is 1. The van der Waals surface area contributed by atoms with E-state index in [1.807, 2.05) is 24.3 Å². The van der Waals surface area contributed by atoms with Crippen molar-refractivity contribution in [1.82, 2.24) is 0 Å². The number of amides is 1. The number of nitrogens with zero attached hydrogens (tertiary/aromatic N) is 1. The summed E-state index contributed by atoms with van der Waals surface area (Å²) in [5.41, 5.74) is 2.17. The van der Waals surface area contributed by atoms with Gasteiger partial charge in [-0.3, -0.25) is 4.90 Å². The third kappa shape index (κ3) is 2.80. The second kappa shape index (κ2) is 6.53. The van der Waals surface area contributed by atoms with Crippen molar-refractivity contribution in [1.29, 1.82) is 0 Å². The van der Waals surface area contributed by atoms with Gasteiger partial charge in [0.05, 0.1) is 11.3 Å². The number of rotatable bonds is 2. The molecule has 2 atom stereocenters. The van der Waals surface area contributed by atoms with Gasteiger partial charge < -0.3 is 14.6 Å². The number of cyclic esters (lactones) is 1. The van der Waals surface area contributed by atoms with Crippen molar-refractivity contribution >= 4 is 29.4 Å². The smallest absolute Gasteiger partial charge is 0.415 e. The number of anilines is 1. The highest BCUT2D eigenvalue weighted by molar-refractivity contribution is 6.31. The van der Waals surface area contributed by atoms with E-state index in [9.17, 15) is 9.59 Å². The van der Waals surface area contributed by atoms with Crippen LogP contribution in [0.25, 0.3) is 0 Å². The Labute approximate surface area is 170 Å². The van der Waals surface area contributed by atoms with Crippen LogP contribution in [0.2, 0.25) is 5.02 Å². The monoisotopic (exact) mass is 407 g/mol. The molecule has 1 amide bonds. The van der Waals surface area contributed by atoms with Crippen LogP contribution in [0.1, 0.15) is 33.6 Å². The summed E-state index contributed by atoms with van der Waals surface area (Å²) in [6, 6.07) is 18.4. The number of aromatic carboxylic acids is 1. The molecule has 7 heteroatoms. The van der Waals surface area contributed by atoms with Crippen molar-refractivity contribution < 1.29 is 24.2 Å². The van der Waals surface area contributed by atoms with Crippen molar-refractivity contribution in [2.45, 2.75) is 12.1 Å². The summed E-state index contributed by atoms with van der Waals surface area (Å²) < 4.78 is 11.8. The van der Waals surface area contributed by atoms with Gasteiger partial charge in [0.2, 0.25) is 0 Å². The molecule has 0 spiro atoms. The minimum Gasteiger partial charge on any atom is -0.478 e. The fourth-order valence-electron chi connectivity index (χ4n) is 3.80. The molecule has 1 saturated heterocycles. The quantitative estimate of drug-likeness (QED) is 0.599. The molecule has 0 aliphatic carbocycles. The Bertz CT molecular complexity index is 1140. The standard InChI is InChI=1S/C22H14ClNO5/c23-14-9-10-18-16(11-14)24-19(15-3-1-2-4-17(15)28-18)20(29-22(24)27)12-5-7-13(8-6-12)21(25)26/h1-11,19-20H,(H,25,26). The van der Waals surface area contributed by atoms with E-state index in [0.717, 1.165) is 5.56 Å². The lowest BCUT2D eigenvalue weighted by molar-refractivity contribution is 0.0696. The highest BCUT2D eigenvalue weighted by Crippen LogP contribution is 2.53. The predicted molar refractivity (Wildman–Crippen MR) is 106 cm³/mol. The molecule has 3 aromatic carbocycles. The Hall–Kier alpha value is -3.51. The first-order valence-electron chi connectivity index (χ1n) is 8.92. The molecule has 29 heavy (non-hydrogen) atoms. The van der Waals surface area contributed by atoms with Crippen LogP contribution in [0.5, 0.6) is 11.5 Å². The minimum absolute atomic E-state index is 0.164. The number of fused-ring (bicyclic) bond motifs is 5. The molecule has 1 N–H and O–H groups in total. The van der Waals surface area contributed by atoms with Gasteiger partial charge >= 0.3 is 12.1 Å². The molecular weight excluding hydrogens is 394 g/mol. The molecule has 2 aliphatic rings. The molecule has 2 aliphatic heterocycles. The minimum atomic E-state index is -1.02. The molecule has 2 unspecified atom stereocenters. The Kier molecular flexibility index (Phi) is 3.96. The van der Waals surface area contributed by atoms with Crippen LogP contribution in [0.4, 0.5) is 10.5 Å². The van der Waals surface area contributed by atoms with E-state index in [1.165, 1.54) is 12.1 Å². The number of hydrogen-bond acceptors (Lipinski definition) is 4. The lowest BCUT2D eigenvalue weighted by Gasteiger charge is -2.23. The van der Waals surface area contributed by atoms with Gasteiger partial charge in [-0.05, 0) is 42.0 Å². The number of hydrogen-bond donors (Lipinski definition) is 1. The number of carboxylic acid groups (broad SMARTS) is 1.